The summed E-state index contributed by atoms with van der Waals surface area (Å²) < 4.78 is 1.81. The van der Waals surface area contributed by atoms with Gasteiger partial charge in [-0.15, -0.1) is 0 Å². The van der Waals surface area contributed by atoms with E-state index >= 15 is 0 Å². The van der Waals surface area contributed by atoms with Crippen LogP contribution in [0.15, 0.2) is 61.1 Å². The van der Waals surface area contributed by atoms with Crippen LogP contribution in [-0.4, -0.2) is 32.2 Å². The van der Waals surface area contributed by atoms with Crippen molar-refractivity contribution in [3.63, 3.8) is 0 Å². The summed E-state index contributed by atoms with van der Waals surface area (Å²) >= 11 is 0. The van der Waals surface area contributed by atoms with E-state index in [4.69, 9.17) is 0 Å². The second-order valence-electron chi connectivity index (χ2n) is 5.93. The summed E-state index contributed by atoms with van der Waals surface area (Å²) in [6.07, 6.45) is 9.83. The minimum Gasteiger partial charge on any atom is -0.360 e. The third-order valence-electron chi connectivity index (χ3n) is 4.14. The maximum absolute atomic E-state index is 12.0. The van der Waals surface area contributed by atoms with E-state index in [0.29, 0.717) is 18.7 Å². The number of hydrogen-bond donors (Lipinski definition) is 2. The number of carbonyl (C=O) groups is 1. The Labute approximate surface area is 150 Å². The van der Waals surface area contributed by atoms with Crippen molar-refractivity contribution in [3.05, 3.63) is 78.0 Å². The summed E-state index contributed by atoms with van der Waals surface area (Å²) in [5.41, 5.74) is 2.48. The zero-order chi connectivity index (χ0) is 17.8. The van der Waals surface area contributed by atoms with Crippen molar-refractivity contribution in [3.8, 4) is 0 Å². The van der Waals surface area contributed by atoms with Crippen molar-refractivity contribution in [2.24, 2.45) is 0 Å². The lowest BCUT2D eigenvalue weighted by atomic mass is 10.1. The molecule has 4 heterocycles. The van der Waals surface area contributed by atoms with Crippen LogP contribution in [0.3, 0.4) is 0 Å². The van der Waals surface area contributed by atoms with Crippen molar-refractivity contribution >= 4 is 17.9 Å². The molecule has 7 heteroatoms. The Morgan fingerprint density at radius 1 is 1.19 bits per heavy atom. The van der Waals surface area contributed by atoms with Gasteiger partial charge in [0, 0.05) is 43.8 Å². The summed E-state index contributed by atoms with van der Waals surface area (Å²) in [7, 11) is 0. The molecular formula is C19H18N6O. The van der Waals surface area contributed by atoms with E-state index in [-0.39, 0.29) is 11.9 Å². The van der Waals surface area contributed by atoms with Crippen LogP contribution in [0.4, 0.5) is 5.82 Å². The SMILES string of the molecule is O=C(NCCc1cc2n(n1)C=CC(c1ccncc1)N2)c1ccccn1. The van der Waals surface area contributed by atoms with Crippen LogP contribution in [0, 0.1) is 0 Å². The summed E-state index contributed by atoms with van der Waals surface area (Å²) in [4.78, 5) is 20.1. The Morgan fingerprint density at radius 2 is 2.08 bits per heavy atom. The molecule has 1 aliphatic heterocycles. The lowest BCUT2D eigenvalue weighted by molar-refractivity contribution is 0.0949. The zero-order valence-corrected chi connectivity index (χ0v) is 14.0. The fourth-order valence-electron chi connectivity index (χ4n) is 2.82. The summed E-state index contributed by atoms with van der Waals surface area (Å²) in [6.45, 7) is 0.503. The number of hydrogen-bond acceptors (Lipinski definition) is 5. The third kappa shape index (κ3) is 3.46. The largest absolute Gasteiger partial charge is 0.360 e. The van der Waals surface area contributed by atoms with Gasteiger partial charge in [-0.2, -0.15) is 5.10 Å². The summed E-state index contributed by atoms with van der Waals surface area (Å²) in [6, 6.07) is 11.3. The van der Waals surface area contributed by atoms with Gasteiger partial charge in [0.05, 0.1) is 11.7 Å². The molecule has 0 saturated carbocycles. The van der Waals surface area contributed by atoms with Gasteiger partial charge in [0.1, 0.15) is 11.5 Å². The van der Waals surface area contributed by atoms with Gasteiger partial charge in [-0.25, -0.2) is 4.68 Å². The number of amides is 1. The average Bonchev–Trinajstić information content (AvgIpc) is 3.11. The van der Waals surface area contributed by atoms with E-state index in [9.17, 15) is 4.79 Å². The highest BCUT2D eigenvalue weighted by Crippen LogP contribution is 2.26. The number of aromatic nitrogens is 4. The molecule has 7 nitrogen and oxygen atoms in total. The first-order valence-electron chi connectivity index (χ1n) is 8.42. The standard InChI is InChI=1S/C19H18N6O/c26-19(17-3-1-2-8-21-17)22-11-6-15-13-18-23-16(7-12-25(18)24-15)14-4-9-20-10-5-14/h1-5,7-10,12-13,16,23H,6,11H2,(H,22,26). The Kier molecular flexibility index (Phi) is 4.42. The van der Waals surface area contributed by atoms with Gasteiger partial charge < -0.3 is 10.6 Å². The maximum atomic E-state index is 12.0. The van der Waals surface area contributed by atoms with Crippen LogP contribution in [0.1, 0.15) is 27.8 Å². The van der Waals surface area contributed by atoms with Gasteiger partial charge >= 0.3 is 0 Å². The molecule has 0 bridgehead atoms. The van der Waals surface area contributed by atoms with Crippen molar-refractivity contribution in [1.82, 2.24) is 25.1 Å². The molecule has 0 aromatic carbocycles. The Bertz CT molecular complexity index is 920. The van der Waals surface area contributed by atoms with Crippen LogP contribution < -0.4 is 10.6 Å². The molecule has 3 aromatic rings. The highest BCUT2D eigenvalue weighted by atomic mass is 16.1. The molecule has 3 aromatic heterocycles. The molecule has 1 unspecified atom stereocenters. The molecule has 2 N–H and O–H groups in total. The molecule has 130 valence electrons. The number of rotatable bonds is 5. The van der Waals surface area contributed by atoms with E-state index in [1.807, 2.05) is 29.1 Å². The number of pyridine rings is 2. The predicted octanol–water partition coefficient (Wildman–Crippen LogP) is 2.28. The highest BCUT2D eigenvalue weighted by molar-refractivity contribution is 5.92. The molecular weight excluding hydrogens is 328 g/mol. The molecule has 26 heavy (non-hydrogen) atoms. The third-order valence-corrected chi connectivity index (χ3v) is 4.14. The quantitative estimate of drug-likeness (QED) is 0.740. The first kappa shape index (κ1) is 16.0. The second-order valence-corrected chi connectivity index (χ2v) is 5.93. The monoisotopic (exact) mass is 346 g/mol. The number of nitrogens with one attached hydrogen (secondary N) is 2. The van der Waals surface area contributed by atoms with Crippen LogP contribution in [0.2, 0.25) is 0 Å². The molecule has 1 atom stereocenters. The fourth-order valence-corrected chi connectivity index (χ4v) is 2.82. The molecule has 4 rings (SSSR count). The highest BCUT2D eigenvalue weighted by Gasteiger charge is 2.16. The van der Waals surface area contributed by atoms with Gasteiger partial charge in [0.15, 0.2) is 0 Å². The first-order valence-corrected chi connectivity index (χ1v) is 8.42. The summed E-state index contributed by atoms with van der Waals surface area (Å²) in [5.74, 6) is 0.755. The Balaban J connectivity index is 1.35. The van der Waals surface area contributed by atoms with E-state index < -0.39 is 0 Å². The topological polar surface area (TPSA) is 84.7 Å². The molecule has 0 fully saturated rings. The molecule has 0 spiro atoms. The van der Waals surface area contributed by atoms with Crippen LogP contribution >= 0.6 is 0 Å². The van der Waals surface area contributed by atoms with Gasteiger partial charge in [-0.3, -0.25) is 14.8 Å². The van der Waals surface area contributed by atoms with E-state index in [1.54, 1.807) is 36.8 Å². The lowest BCUT2D eigenvalue weighted by Crippen LogP contribution is -2.26. The van der Waals surface area contributed by atoms with Gasteiger partial charge in [-0.05, 0) is 35.9 Å². The van der Waals surface area contributed by atoms with E-state index in [1.165, 1.54) is 0 Å². The lowest BCUT2D eigenvalue weighted by Gasteiger charge is -2.20. The smallest absolute Gasteiger partial charge is 0.269 e. The van der Waals surface area contributed by atoms with Crippen LogP contribution in [0.5, 0.6) is 0 Å². The maximum Gasteiger partial charge on any atom is 0.269 e. The van der Waals surface area contributed by atoms with Gasteiger partial charge in [0.2, 0.25) is 0 Å². The molecule has 1 aliphatic rings. The fraction of sp³-hybridized carbons (Fsp3) is 0.158. The minimum atomic E-state index is -0.176. The number of fused-ring (bicyclic) bond motifs is 1. The normalized spacial score (nSPS) is 15.2. The molecule has 0 radical (unpaired) electrons. The predicted molar refractivity (Wildman–Crippen MR) is 98.4 cm³/mol. The van der Waals surface area contributed by atoms with Crippen LogP contribution in [-0.2, 0) is 6.42 Å². The molecule has 0 saturated heterocycles. The Hall–Kier alpha value is -3.48. The zero-order valence-electron chi connectivity index (χ0n) is 14.0. The molecule has 1 amide bonds. The van der Waals surface area contributed by atoms with Crippen molar-refractivity contribution in [2.45, 2.75) is 12.5 Å². The van der Waals surface area contributed by atoms with E-state index in [2.05, 4.69) is 31.8 Å². The van der Waals surface area contributed by atoms with Crippen LogP contribution in [0.25, 0.3) is 6.20 Å². The minimum absolute atomic E-state index is 0.0962. The number of anilines is 1. The van der Waals surface area contributed by atoms with Crippen molar-refractivity contribution in [2.75, 3.05) is 11.9 Å². The van der Waals surface area contributed by atoms with E-state index in [0.717, 1.165) is 17.1 Å². The second kappa shape index (κ2) is 7.18. The van der Waals surface area contributed by atoms with Crippen molar-refractivity contribution < 1.29 is 4.79 Å². The Morgan fingerprint density at radius 3 is 2.88 bits per heavy atom. The van der Waals surface area contributed by atoms with Gasteiger partial charge in [-0.1, -0.05) is 6.07 Å². The van der Waals surface area contributed by atoms with Gasteiger partial charge in [0.25, 0.3) is 5.91 Å². The number of carbonyl (C=O) groups excluding carboxylic acids is 1. The molecule has 0 aliphatic carbocycles. The first-order chi connectivity index (χ1) is 12.8. The number of nitrogens with zero attached hydrogens (tertiary/aromatic N) is 4. The van der Waals surface area contributed by atoms with Crippen molar-refractivity contribution in [1.29, 1.82) is 0 Å². The summed E-state index contributed by atoms with van der Waals surface area (Å²) in [5, 5.41) is 10.9. The average molecular weight is 346 g/mol.